The smallest absolute Gasteiger partial charge is 0.399 e. The van der Waals surface area contributed by atoms with Crippen LogP contribution in [0.25, 0.3) is 5.47 Å². The summed E-state index contributed by atoms with van der Waals surface area (Å²) >= 11 is 0. The van der Waals surface area contributed by atoms with Crippen molar-refractivity contribution < 1.29 is 66.4 Å². The molecule has 210 valence electrons. The molecule has 0 aromatic heterocycles. The summed E-state index contributed by atoms with van der Waals surface area (Å²) in [7, 11) is -1.99. The Morgan fingerprint density at radius 2 is 1.00 bits per heavy atom. The molecule has 16 heteroatoms. The quantitative estimate of drug-likeness (QED) is 0.249. The van der Waals surface area contributed by atoms with E-state index in [1.165, 1.54) is 45.9 Å². The average molecular weight is 562 g/mol. The zero-order valence-corrected chi connectivity index (χ0v) is 19.7. The van der Waals surface area contributed by atoms with Crippen LogP contribution in [0.15, 0.2) is 35.9 Å². The van der Waals surface area contributed by atoms with Crippen LogP contribution >= 0.6 is 0 Å². The minimum atomic E-state index is -7.98. The molecule has 0 N–H and O–H groups in total. The third-order valence-electron chi connectivity index (χ3n) is 6.38. The molecule has 1 heterocycles. The van der Waals surface area contributed by atoms with Gasteiger partial charge >= 0.3 is 42.9 Å². The summed E-state index contributed by atoms with van der Waals surface area (Å²) in [5, 5.41) is 0. The first-order valence-electron chi connectivity index (χ1n) is 10.3. The molecule has 1 aromatic rings. The summed E-state index contributed by atoms with van der Waals surface area (Å²) in [4.78, 5) is 0. The second-order valence-electron chi connectivity index (χ2n) is 9.36. The van der Waals surface area contributed by atoms with Crippen molar-refractivity contribution in [3.8, 4) is 0 Å². The van der Waals surface area contributed by atoms with Gasteiger partial charge in [-0.2, -0.15) is 57.1 Å². The Bertz CT molecular complexity index is 1010. The van der Waals surface area contributed by atoms with Crippen LogP contribution in [0.2, 0.25) is 0 Å². The predicted octanol–water partition coefficient (Wildman–Crippen LogP) is 7.83. The molecule has 2 rings (SSSR count). The first-order chi connectivity index (χ1) is 16.2. The first-order valence-corrected chi connectivity index (χ1v) is 10.3. The maximum atomic E-state index is 15.0. The Kier molecular flexibility index (Phi) is 7.42. The molecule has 0 unspecified atom stereocenters. The summed E-state index contributed by atoms with van der Waals surface area (Å²) in [6.07, 6.45) is -7.48. The van der Waals surface area contributed by atoms with Gasteiger partial charge in [-0.25, -0.2) is 0 Å². The lowest BCUT2D eigenvalue weighted by molar-refractivity contribution is -0.436. The minimum Gasteiger partial charge on any atom is -0.399 e. The third-order valence-corrected chi connectivity index (χ3v) is 6.38. The van der Waals surface area contributed by atoms with Crippen LogP contribution < -0.4 is 0 Å². The van der Waals surface area contributed by atoms with Crippen molar-refractivity contribution in [2.24, 2.45) is 0 Å². The van der Waals surface area contributed by atoms with Gasteiger partial charge in [-0.15, -0.1) is 0 Å². The number of hydrogen-bond donors (Lipinski definition) is 0. The van der Waals surface area contributed by atoms with E-state index in [9.17, 15) is 48.3 Å². The van der Waals surface area contributed by atoms with E-state index in [1.54, 1.807) is 0 Å². The Morgan fingerprint density at radius 1 is 0.622 bits per heavy atom. The number of benzene rings is 1. The lowest BCUT2D eigenvalue weighted by atomic mass is 9.69. The fraction of sp³-hybridized carbons (Fsp3) is 0.619. The number of alkyl halides is 13. The van der Waals surface area contributed by atoms with E-state index >= 15 is 8.78 Å². The highest BCUT2D eigenvalue weighted by molar-refractivity contribution is 6.69. The van der Waals surface area contributed by atoms with Gasteiger partial charge in [0.25, 0.3) is 0 Å². The van der Waals surface area contributed by atoms with Gasteiger partial charge in [-0.1, -0.05) is 30.3 Å². The summed E-state index contributed by atoms with van der Waals surface area (Å²) in [6, 6.07) is 5.75. The van der Waals surface area contributed by atoms with Crippen LogP contribution in [0.4, 0.5) is 57.1 Å². The van der Waals surface area contributed by atoms with E-state index in [-0.39, 0.29) is 6.92 Å². The molecule has 0 spiro atoms. The number of halogens is 13. The Labute approximate surface area is 202 Å². The van der Waals surface area contributed by atoms with Crippen molar-refractivity contribution >= 4 is 12.6 Å². The molecule has 0 bridgehead atoms. The van der Waals surface area contributed by atoms with Gasteiger partial charge in [0.15, 0.2) is 0 Å². The fourth-order valence-corrected chi connectivity index (χ4v) is 3.28. The highest BCUT2D eigenvalue weighted by Crippen LogP contribution is 2.61. The van der Waals surface area contributed by atoms with E-state index in [2.05, 4.69) is 0 Å². The van der Waals surface area contributed by atoms with Crippen LogP contribution in [0, 0.1) is 0 Å². The van der Waals surface area contributed by atoms with E-state index < -0.39 is 70.7 Å². The molecule has 0 saturated carbocycles. The van der Waals surface area contributed by atoms with Gasteiger partial charge in [0.2, 0.25) is 0 Å². The lowest BCUT2D eigenvalue weighted by Gasteiger charge is -2.40. The molecule has 37 heavy (non-hydrogen) atoms. The SMILES string of the molecule is C/C(=C(\B1OC(C)(C)C(C)(C)O1)c1ccccc1)C(F)(F)C(F)(F)C(F)(F)C(F)(F)C(F)(F)C(F)(F)F. The van der Waals surface area contributed by atoms with Crippen molar-refractivity contribution in [1.29, 1.82) is 0 Å². The van der Waals surface area contributed by atoms with E-state index in [4.69, 9.17) is 9.31 Å². The second kappa shape index (κ2) is 8.78. The van der Waals surface area contributed by atoms with Gasteiger partial charge in [0, 0.05) is 5.57 Å². The molecule has 0 aliphatic carbocycles. The van der Waals surface area contributed by atoms with Crippen LogP contribution in [0.3, 0.4) is 0 Å². The standard InChI is InChI=1S/C21H20BF13O2/c1-11(13(12-9-7-6-8-10-12)22-36-14(2,3)15(4,5)37-22)16(23,24)17(25,26)18(27,28)19(29,30)20(31,32)21(33,34)35/h6-10H,1-5H3/b13-11+. The van der Waals surface area contributed by atoms with E-state index in [0.29, 0.717) is 0 Å². The molecule has 1 fully saturated rings. The molecule has 1 saturated heterocycles. The van der Waals surface area contributed by atoms with Crippen molar-refractivity contribution in [3.63, 3.8) is 0 Å². The van der Waals surface area contributed by atoms with Gasteiger partial charge in [0.1, 0.15) is 0 Å². The topological polar surface area (TPSA) is 18.5 Å². The summed E-state index contributed by atoms with van der Waals surface area (Å²) in [5.74, 6) is -37.6. The van der Waals surface area contributed by atoms with Gasteiger partial charge < -0.3 is 9.31 Å². The largest absolute Gasteiger partial charge is 0.495 e. The summed E-state index contributed by atoms with van der Waals surface area (Å²) in [6.45, 7) is 5.67. The highest BCUT2D eigenvalue weighted by Gasteiger charge is 2.91. The van der Waals surface area contributed by atoms with Crippen LogP contribution in [-0.4, -0.2) is 54.1 Å². The molecule has 2 nitrogen and oxygen atoms in total. The molecular formula is C21H20BF13O2. The van der Waals surface area contributed by atoms with Gasteiger partial charge in [-0.3, -0.25) is 0 Å². The first kappa shape index (κ1) is 31.3. The molecular weight excluding hydrogens is 542 g/mol. The maximum absolute atomic E-state index is 15.0. The van der Waals surface area contributed by atoms with Crippen LogP contribution in [0.1, 0.15) is 40.2 Å². The van der Waals surface area contributed by atoms with Crippen molar-refractivity contribution in [3.05, 3.63) is 41.5 Å². The Morgan fingerprint density at radius 3 is 1.38 bits per heavy atom. The van der Waals surface area contributed by atoms with Gasteiger partial charge in [-0.05, 0) is 45.7 Å². The van der Waals surface area contributed by atoms with Crippen molar-refractivity contribution in [2.45, 2.75) is 81.6 Å². The van der Waals surface area contributed by atoms with E-state index in [0.717, 1.165) is 12.1 Å². The lowest BCUT2D eigenvalue weighted by Crippen LogP contribution is -2.70. The number of allylic oxidation sites excluding steroid dienone is 1. The zero-order valence-electron chi connectivity index (χ0n) is 19.7. The van der Waals surface area contributed by atoms with Crippen LogP contribution in [0.5, 0.6) is 0 Å². The molecule has 0 atom stereocenters. The maximum Gasteiger partial charge on any atom is 0.495 e. The Balaban J connectivity index is 2.79. The van der Waals surface area contributed by atoms with Gasteiger partial charge in [0.05, 0.1) is 11.2 Å². The summed E-state index contributed by atoms with van der Waals surface area (Å²) < 4.78 is 189. The summed E-state index contributed by atoms with van der Waals surface area (Å²) in [5.41, 5.74) is -6.17. The second-order valence-corrected chi connectivity index (χ2v) is 9.36. The predicted molar refractivity (Wildman–Crippen MR) is 106 cm³/mol. The monoisotopic (exact) mass is 562 g/mol. The normalized spacial score (nSPS) is 20.2. The minimum absolute atomic E-state index is 0.0947. The van der Waals surface area contributed by atoms with Crippen molar-refractivity contribution in [2.75, 3.05) is 0 Å². The van der Waals surface area contributed by atoms with Crippen LogP contribution in [-0.2, 0) is 9.31 Å². The third kappa shape index (κ3) is 4.51. The average Bonchev–Trinajstić information content (AvgIpc) is 2.93. The fourth-order valence-electron chi connectivity index (χ4n) is 3.28. The molecule has 1 aliphatic rings. The highest BCUT2D eigenvalue weighted by atomic mass is 19.4. The molecule has 0 radical (unpaired) electrons. The number of hydrogen-bond acceptors (Lipinski definition) is 2. The zero-order chi connectivity index (χ0) is 29.3. The molecule has 1 aliphatic heterocycles. The number of rotatable bonds is 7. The van der Waals surface area contributed by atoms with E-state index in [1.807, 2.05) is 0 Å². The Hall–Kier alpha value is -1.97. The van der Waals surface area contributed by atoms with Crippen molar-refractivity contribution in [1.82, 2.24) is 0 Å². The molecule has 1 aromatic carbocycles. The molecule has 0 amide bonds.